The molecular formula is C15H19N3O5S. The molecule has 24 heavy (non-hydrogen) atoms. The van der Waals surface area contributed by atoms with Crippen LogP contribution in [-0.4, -0.2) is 58.8 Å². The highest BCUT2D eigenvalue weighted by atomic mass is 32.2. The van der Waals surface area contributed by atoms with Gasteiger partial charge >= 0.3 is 10.2 Å². The van der Waals surface area contributed by atoms with Gasteiger partial charge < -0.3 is 14.8 Å². The lowest BCUT2D eigenvalue weighted by atomic mass is 10.1. The standard InChI is InChI=1S/C15H19N3O5S/c1-18-14(15(19)16-8-9-22-2)10-13(17-24(18,20)21)11-4-6-12(23-3)7-5-11/h4-7,10H,8-9H2,1-3H3,(H,16,19). The first-order chi connectivity index (χ1) is 11.4. The molecule has 0 atom stereocenters. The Balaban J connectivity index is 2.34. The monoisotopic (exact) mass is 353 g/mol. The minimum absolute atomic E-state index is 0.00748. The van der Waals surface area contributed by atoms with Crippen molar-refractivity contribution in [3.63, 3.8) is 0 Å². The first-order valence-corrected chi connectivity index (χ1v) is 8.51. The summed E-state index contributed by atoms with van der Waals surface area (Å²) in [5.74, 6) is 0.121. The third-order valence-electron chi connectivity index (χ3n) is 3.38. The van der Waals surface area contributed by atoms with Crippen molar-refractivity contribution in [2.24, 2.45) is 4.40 Å². The van der Waals surface area contributed by atoms with Gasteiger partial charge in [0.2, 0.25) is 0 Å². The summed E-state index contributed by atoms with van der Waals surface area (Å²) >= 11 is 0. The highest BCUT2D eigenvalue weighted by Gasteiger charge is 2.29. The van der Waals surface area contributed by atoms with E-state index in [1.54, 1.807) is 24.3 Å². The number of rotatable bonds is 6. The Kier molecular flexibility index (Phi) is 5.58. The SMILES string of the molecule is COCCNC(=O)C1=CC(c2ccc(OC)cc2)=NS(=O)(=O)N1C. The maximum Gasteiger partial charge on any atom is 0.345 e. The van der Waals surface area contributed by atoms with Gasteiger partial charge in [0.1, 0.15) is 11.4 Å². The molecule has 0 bridgehead atoms. The number of carbonyl (C=O) groups excluding carboxylic acids is 1. The van der Waals surface area contributed by atoms with E-state index in [2.05, 4.69) is 9.71 Å². The lowest BCUT2D eigenvalue weighted by Crippen LogP contribution is -2.39. The molecule has 0 radical (unpaired) electrons. The van der Waals surface area contributed by atoms with Crippen molar-refractivity contribution < 1.29 is 22.7 Å². The van der Waals surface area contributed by atoms with E-state index < -0.39 is 16.1 Å². The van der Waals surface area contributed by atoms with Crippen molar-refractivity contribution in [3.05, 3.63) is 41.6 Å². The summed E-state index contributed by atoms with van der Waals surface area (Å²) in [6.45, 7) is 0.602. The van der Waals surface area contributed by atoms with Gasteiger partial charge in [0, 0.05) is 26.3 Å². The van der Waals surface area contributed by atoms with Crippen molar-refractivity contribution in [2.45, 2.75) is 0 Å². The predicted octanol–water partition coefficient (Wildman–Crippen LogP) is 0.321. The molecule has 1 aliphatic heterocycles. The second-order valence-electron chi connectivity index (χ2n) is 4.93. The Morgan fingerprint density at radius 2 is 1.92 bits per heavy atom. The molecule has 0 spiro atoms. The molecule has 9 heteroatoms. The number of likely N-dealkylation sites (N-methyl/N-ethyl adjacent to an activating group) is 1. The van der Waals surface area contributed by atoms with E-state index in [4.69, 9.17) is 9.47 Å². The number of allylic oxidation sites excluding steroid dienone is 1. The molecule has 0 saturated carbocycles. The van der Waals surface area contributed by atoms with Gasteiger partial charge in [-0.3, -0.25) is 4.79 Å². The van der Waals surface area contributed by atoms with Crippen LogP contribution in [0.4, 0.5) is 0 Å². The van der Waals surface area contributed by atoms with Gasteiger partial charge in [0.25, 0.3) is 5.91 Å². The topological polar surface area (TPSA) is 97.3 Å². The predicted molar refractivity (Wildman–Crippen MR) is 89.2 cm³/mol. The minimum Gasteiger partial charge on any atom is -0.497 e. The third-order valence-corrected chi connectivity index (χ3v) is 4.70. The third kappa shape index (κ3) is 3.92. The van der Waals surface area contributed by atoms with Gasteiger partial charge in [0.05, 0.1) is 19.4 Å². The molecule has 0 saturated heterocycles. The number of nitrogens with one attached hydrogen (secondary N) is 1. The molecule has 8 nitrogen and oxygen atoms in total. The van der Waals surface area contributed by atoms with Crippen LogP contribution in [0.1, 0.15) is 5.56 Å². The molecule has 0 unspecified atom stereocenters. The van der Waals surface area contributed by atoms with Crippen LogP contribution in [-0.2, 0) is 19.7 Å². The van der Waals surface area contributed by atoms with Gasteiger partial charge in [-0.05, 0) is 30.3 Å². The molecule has 130 valence electrons. The van der Waals surface area contributed by atoms with E-state index in [9.17, 15) is 13.2 Å². The van der Waals surface area contributed by atoms with Gasteiger partial charge in [0.15, 0.2) is 0 Å². The van der Waals surface area contributed by atoms with E-state index in [0.717, 1.165) is 4.31 Å². The Morgan fingerprint density at radius 3 is 2.50 bits per heavy atom. The highest BCUT2D eigenvalue weighted by molar-refractivity contribution is 7.88. The average Bonchev–Trinajstić information content (AvgIpc) is 2.57. The lowest BCUT2D eigenvalue weighted by Gasteiger charge is -2.23. The molecule has 1 N–H and O–H groups in total. The summed E-state index contributed by atoms with van der Waals surface area (Å²) in [5.41, 5.74) is 0.745. The van der Waals surface area contributed by atoms with Crippen LogP contribution in [0.2, 0.25) is 0 Å². The molecule has 0 aromatic heterocycles. The van der Waals surface area contributed by atoms with Crippen LogP contribution in [0.25, 0.3) is 0 Å². The fourth-order valence-electron chi connectivity index (χ4n) is 2.02. The van der Waals surface area contributed by atoms with E-state index >= 15 is 0 Å². The van der Waals surface area contributed by atoms with Gasteiger partial charge in [-0.25, -0.2) is 4.31 Å². The maximum absolute atomic E-state index is 12.2. The Hall–Kier alpha value is -2.39. The fourth-order valence-corrected chi connectivity index (χ4v) is 2.93. The van der Waals surface area contributed by atoms with Gasteiger partial charge in [-0.1, -0.05) is 0 Å². The molecule has 1 heterocycles. The fraction of sp³-hybridized carbons (Fsp3) is 0.333. The largest absolute Gasteiger partial charge is 0.497 e. The number of methoxy groups -OCH3 is 2. The van der Waals surface area contributed by atoms with Crippen LogP contribution >= 0.6 is 0 Å². The summed E-state index contributed by atoms with van der Waals surface area (Å²) in [6.07, 6.45) is 1.44. The van der Waals surface area contributed by atoms with Crippen LogP contribution in [0.3, 0.4) is 0 Å². The average molecular weight is 353 g/mol. The van der Waals surface area contributed by atoms with Crippen molar-refractivity contribution in [2.75, 3.05) is 34.4 Å². The molecule has 1 aromatic carbocycles. The number of hydrogen-bond acceptors (Lipinski definition) is 5. The second-order valence-corrected chi connectivity index (χ2v) is 6.55. The summed E-state index contributed by atoms with van der Waals surface area (Å²) in [4.78, 5) is 12.2. The van der Waals surface area contributed by atoms with Crippen LogP contribution in [0, 0.1) is 0 Å². The number of hydrogen-bond donors (Lipinski definition) is 1. The van der Waals surface area contributed by atoms with Crippen molar-refractivity contribution in [1.29, 1.82) is 0 Å². The number of carbonyl (C=O) groups is 1. The quantitative estimate of drug-likeness (QED) is 0.743. The van der Waals surface area contributed by atoms with Crippen LogP contribution in [0.15, 0.2) is 40.4 Å². The zero-order chi connectivity index (χ0) is 17.7. The molecule has 2 rings (SSSR count). The van der Waals surface area contributed by atoms with Crippen LogP contribution < -0.4 is 10.1 Å². The normalized spacial score (nSPS) is 16.2. The Labute approximate surface area is 141 Å². The number of nitrogens with zero attached hydrogens (tertiary/aromatic N) is 2. The zero-order valence-electron chi connectivity index (χ0n) is 13.6. The Morgan fingerprint density at radius 1 is 1.25 bits per heavy atom. The number of amides is 1. The first-order valence-electron chi connectivity index (χ1n) is 7.11. The lowest BCUT2D eigenvalue weighted by molar-refractivity contribution is -0.118. The van der Waals surface area contributed by atoms with Crippen molar-refractivity contribution >= 4 is 21.8 Å². The van der Waals surface area contributed by atoms with E-state index in [0.29, 0.717) is 17.9 Å². The molecule has 0 aliphatic carbocycles. The smallest absolute Gasteiger partial charge is 0.345 e. The minimum atomic E-state index is -3.97. The zero-order valence-corrected chi connectivity index (χ0v) is 14.5. The molecular weight excluding hydrogens is 334 g/mol. The summed E-state index contributed by atoms with van der Waals surface area (Å²) in [6, 6.07) is 6.73. The van der Waals surface area contributed by atoms with Gasteiger partial charge in [-0.2, -0.15) is 8.42 Å². The number of benzene rings is 1. The summed E-state index contributed by atoms with van der Waals surface area (Å²) in [5, 5.41) is 2.60. The second kappa shape index (κ2) is 7.45. The van der Waals surface area contributed by atoms with E-state index in [-0.39, 0.29) is 18.0 Å². The molecule has 1 aromatic rings. The number of ether oxygens (including phenoxy) is 2. The van der Waals surface area contributed by atoms with Crippen molar-refractivity contribution in [1.82, 2.24) is 9.62 Å². The highest BCUT2D eigenvalue weighted by Crippen LogP contribution is 2.21. The van der Waals surface area contributed by atoms with Gasteiger partial charge in [-0.15, -0.1) is 4.40 Å². The van der Waals surface area contributed by atoms with Crippen molar-refractivity contribution in [3.8, 4) is 5.75 Å². The van der Waals surface area contributed by atoms with E-state index in [1.165, 1.54) is 27.3 Å². The van der Waals surface area contributed by atoms with Crippen LogP contribution in [0.5, 0.6) is 5.75 Å². The molecule has 0 fully saturated rings. The Bertz CT molecular complexity index is 769. The molecule has 1 amide bonds. The summed E-state index contributed by atoms with van der Waals surface area (Å²) < 4.78 is 38.9. The first kappa shape index (κ1) is 18.0. The summed E-state index contributed by atoms with van der Waals surface area (Å²) in [7, 11) is 0.361. The van der Waals surface area contributed by atoms with E-state index in [1.807, 2.05) is 0 Å². The maximum atomic E-state index is 12.2. The molecule has 1 aliphatic rings.